The fraction of sp³-hybridized carbons (Fsp3) is 0.429. The van der Waals surface area contributed by atoms with Crippen molar-refractivity contribution in [2.75, 3.05) is 6.54 Å². The monoisotopic (exact) mass is 333 g/mol. The van der Waals surface area contributed by atoms with Crippen molar-refractivity contribution in [1.82, 2.24) is 5.32 Å². The Morgan fingerprint density at radius 2 is 2.11 bits per heavy atom. The van der Waals surface area contributed by atoms with Crippen molar-refractivity contribution >= 4 is 15.9 Å². The third kappa shape index (κ3) is 4.55. The van der Waals surface area contributed by atoms with E-state index in [1.807, 2.05) is 6.92 Å². The quantitative estimate of drug-likeness (QED) is 0.780. The maximum absolute atomic E-state index is 13.1. The summed E-state index contributed by atoms with van der Waals surface area (Å²) >= 11 is 3.08. The van der Waals surface area contributed by atoms with E-state index < -0.39 is 11.7 Å². The summed E-state index contributed by atoms with van der Waals surface area (Å²) in [5, 5.41) is 3.05. The van der Waals surface area contributed by atoms with Gasteiger partial charge in [-0.1, -0.05) is 28.9 Å². The van der Waals surface area contributed by atoms with Gasteiger partial charge >= 0.3 is 6.18 Å². The van der Waals surface area contributed by atoms with E-state index in [1.165, 1.54) is 6.07 Å². The van der Waals surface area contributed by atoms with Crippen molar-refractivity contribution in [3.63, 3.8) is 0 Å². The first-order valence-corrected chi connectivity index (χ1v) is 6.73. The molecule has 0 radical (unpaired) electrons. The maximum Gasteiger partial charge on any atom is 0.416 e. The molecule has 1 rings (SSSR count). The number of benzene rings is 1. The molecule has 1 aromatic rings. The van der Waals surface area contributed by atoms with Crippen molar-refractivity contribution < 1.29 is 13.2 Å². The second-order valence-electron chi connectivity index (χ2n) is 4.08. The topological polar surface area (TPSA) is 12.0 Å². The minimum absolute atomic E-state index is 0.243. The lowest BCUT2D eigenvalue weighted by atomic mass is 9.96. The molecule has 0 aliphatic heterocycles. The van der Waals surface area contributed by atoms with Crippen molar-refractivity contribution in [1.29, 1.82) is 0 Å². The number of hydrogen-bond acceptors (Lipinski definition) is 1. The molecule has 1 nitrogen and oxygen atoms in total. The maximum atomic E-state index is 13.1. The second-order valence-corrected chi connectivity index (χ2v) is 5.00. The van der Waals surface area contributed by atoms with Crippen LogP contribution in [-0.4, -0.2) is 6.54 Å². The number of halogens is 4. The van der Waals surface area contributed by atoms with Gasteiger partial charge in [0.1, 0.15) is 0 Å². The molecule has 5 heteroatoms. The average molecular weight is 334 g/mol. The summed E-state index contributed by atoms with van der Waals surface area (Å²) in [6.07, 6.45) is 1.74. The summed E-state index contributed by atoms with van der Waals surface area (Å²) in [6.45, 7) is 2.44. The minimum Gasteiger partial charge on any atom is -0.310 e. The van der Waals surface area contributed by atoms with Crippen molar-refractivity contribution in [3.8, 4) is 12.3 Å². The molecule has 0 heterocycles. The lowest BCUT2D eigenvalue weighted by Gasteiger charge is -2.22. The zero-order valence-electron chi connectivity index (χ0n) is 10.5. The highest BCUT2D eigenvalue weighted by Gasteiger charge is 2.35. The predicted molar refractivity (Wildman–Crippen MR) is 73.6 cm³/mol. The smallest absolute Gasteiger partial charge is 0.310 e. The Balaban J connectivity index is 3.18. The molecule has 104 valence electrons. The Labute approximate surface area is 119 Å². The van der Waals surface area contributed by atoms with E-state index in [0.29, 0.717) is 23.9 Å². The summed E-state index contributed by atoms with van der Waals surface area (Å²) in [4.78, 5) is 0. The molecule has 0 aliphatic rings. The van der Waals surface area contributed by atoms with Crippen LogP contribution in [0.5, 0.6) is 0 Å². The van der Waals surface area contributed by atoms with Gasteiger partial charge in [0.15, 0.2) is 0 Å². The molecule has 0 saturated heterocycles. The summed E-state index contributed by atoms with van der Waals surface area (Å²) in [7, 11) is 0. The summed E-state index contributed by atoms with van der Waals surface area (Å²) < 4.78 is 39.6. The summed E-state index contributed by atoms with van der Waals surface area (Å²) in [5.74, 6) is 2.47. The zero-order chi connectivity index (χ0) is 14.5. The Morgan fingerprint density at radius 3 is 2.63 bits per heavy atom. The van der Waals surface area contributed by atoms with Gasteiger partial charge in [-0.3, -0.25) is 0 Å². The van der Waals surface area contributed by atoms with Gasteiger partial charge in [0.05, 0.1) is 5.56 Å². The van der Waals surface area contributed by atoms with Gasteiger partial charge in [-0.15, -0.1) is 12.3 Å². The van der Waals surface area contributed by atoms with Gasteiger partial charge in [0.25, 0.3) is 0 Å². The summed E-state index contributed by atoms with van der Waals surface area (Å²) in [6, 6.07) is 3.84. The van der Waals surface area contributed by atoms with Gasteiger partial charge in [-0.2, -0.15) is 13.2 Å². The molecule has 1 unspecified atom stereocenters. The molecule has 0 bridgehead atoms. The molecule has 1 atom stereocenters. The highest BCUT2D eigenvalue weighted by atomic mass is 79.9. The number of alkyl halides is 3. The summed E-state index contributed by atoms with van der Waals surface area (Å²) in [5.41, 5.74) is -0.377. The highest BCUT2D eigenvalue weighted by Crippen LogP contribution is 2.37. The van der Waals surface area contributed by atoms with E-state index in [2.05, 4.69) is 27.2 Å². The Morgan fingerprint density at radius 1 is 1.42 bits per heavy atom. The van der Waals surface area contributed by atoms with Crippen LogP contribution >= 0.6 is 15.9 Å². The molecule has 0 fully saturated rings. The number of rotatable bonds is 5. The van der Waals surface area contributed by atoms with Crippen LogP contribution in [0.4, 0.5) is 13.2 Å². The van der Waals surface area contributed by atoms with Crippen molar-refractivity contribution in [2.24, 2.45) is 0 Å². The van der Waals surface area contributed by atoms with Crippen LogP contribution in [0.25, 0.3) is 0 Å². The minimum atomic E-state index is -4.37. The first-order chi connectivity index (χ1) is 8.90. The third-order valence-corrected chi connectivity index (χ3v) is 3.22. The lowest BCUT2D eigenvalue weighted by molar-refractivity contribution is -0.138. The van der Waals surface area contributed by atoms with E-state index in [1.54, 1.807) is 6.07 Å². The van der Waals surface area contributed by atoms with E-state index in [4.69, 9.17) is 6.42 Å². The molecule has 19 heavy (non-hydrogen) atoms. The average Bonchev–Trinajstić information content (AvgIpc) is 2.33. The number of terminal acetylenes is 1. The van der Waals surface area contributed by atoms with Gasteiger partial charge in [0.2, 0.25) is 0 Å². The first-order valence-electron chi connectivity index (χ1n) is 5.93. The van der Waals surface area contributed by atoms with Gasteiger partial charge in [0, 0.05) is 16.9 Å². The zero-order valence-corrected chi connectivity index (χ0v) is 12.1. The molecule has 0 spiro atoms. The SMILES string of the molecule is C#CCCC(NCC)c1ccc(Br)cc1C(F)(F)F. The molecule has 0 aliphatic carbocycles. The Bertz CT molecular complexity index is 463. The van der Waals surface area contributed by atoms with E-state index in [9.17, 15) is 13.2 Å². The van der Waals surface area contributed by atoms with E-state index >= 15 is 0 Å². The van der Waals surface area contributed by atoms with Crippen LogP contribution in [0.3, 0.4) is 0 Å². The van der Waals surface area contributed by atoms with Crippen LogP contribution in [0.15, 0.2) is 22.7 Å². The van der Waals surface area contributed by atoms with E-state index in [-0.39, 0.29) is 11.6 Å². The van der Waals surface area contributed by atoms with E-state index in [0.717, 1.165) is 6.07 Å². The number of nitrogens with one attached hydrogen (secondary N) is 1. The number of hydrogen-bond donors (Lipinski definition) is 1. The van der Waals surface area contributed by atoms with Gasteiger partial charge in [-0.25, -0.2) is 0 Å². The van der Waals surface area contributed by atoms with Crippen LogP contribution in [0.2, 0.25) is 0 Å². The van der Waals surface area contributed by atoms with Crippen LogP contribution in [-0.2, 0) is 6.18 Å². The van der Waals surface area contributed by atoms with Crippen LogP contribution in [0, 0.1) is 12.3 Å². The van der Waals surface area contributed by atoms with Crippen LogP contribution < -0.4 is 5.32 Å². The van der Waals surface area contributed by atoms with Crippen molar-refractivity contribution in [2.45, 2.75) is 32.0 Å². The highest BCUT2D eigenvalue weighted by molar-refractivity contribution is 9.10. The molecule has 1 N–H and O–H groups in total. The molecule has 1 aromatic carbocycles. The molecular weight excluding hydrogens is 319 g/mol. The first kappa shape index (κ1) is 16.1. The molecular formula is C14H15BrF3N. The standard InChI is InChI=1S/C14H15BrF3N/c1-3-5-6-13(19-4-2)11-8-7-10(15)9-12(11)14(16,17)18/h1,7-9,13,19H,4-6H2,2H3. The lowest BCUT2D eigenvalue weighted by Crippen LogP contribution is -2.24. The molecule has 0 aromatic heterocycles. The fourth-order valence-electron chi connectivity index (χ4n) is 1.92. The van der Waals surface area contributed by atoms with Crippen molar-refractivity contribution in [3.05, 3.63) is 33.8 Å². The van der Waals surface area contributed by atoms with Gasteiger partial charge < -0.3 is 5.32 Å². The fourth-order valence-corrected chi connectivity index (χ4v) is 2.28. The third-order valence-electron chi connectivity index (χ3n) is 2.72. The second kappa shape index (κ2) is 6.97. The predicted octanol–water partition coefficient (Wildman–Crippen LogP) is 4.53. The Kier molecular flexibility index (Phi) is 5.89. The molecule has 0 amide bonds. The van der Waals surface area contributed by atoms with Gasteiger partial charge in [-0.05, 0) is 30.7 Å². The normalized spacial score (nSPS) is 13.1. The van der Waals surface area contributed by atoms with Crippen LogP contribution in [0.1, 0.15) is 36.9 Å². The largest absolute Gasteiger partial charge is 0.416 e. The Hall–Kier alpha value is -0.990. The molecule has 0 saturated carbocycles.